The Morgan fingerprint density at radius 2 is 1.84 bits per heavy atom. The summed E-state index contributed by atoms with van der Waals surface area (Å²) in [6.45, 7) is 2.36. The van der Waals surface area contributed by atoms with E-state index in [1.165, 1.54) is 0 Å². The second-order valence-corrected chi connectivity index (χ2v) is 7.23. The molecule has 0 spiro atoms. The van der Waals surface area contributed by atoms with Crippen LogP contribution in [-0.2, 0) is 16.8 Å². The van der Waals surface area contributed by atoms with Crippen LogP contribution in [0.15, 0.2) is 42.5 Å². The van der Waals surface area contributed by atoms with Gasteiger partial charge in [0.05, 0.1) is 10.4 Å². The summed E-state index contributed by atoms with van der Waals surface area (Å²) in [5.41, 5.74) is 1.93. The van der Waals surface area contributed by atoms with Gasteiger partial charge in [-0.1, -0.05) is 67.3 Å². The molecule has 25 heavy (non-hydrogen) atoms. The minimum Gasteiger partial charge on any atom is -0.487 e. The lowest BCUT2D eigenvalue weighted by Crippen LogP contribution is -2.37. The van der Waals surface area contributed by atoms with Crippen LogP contribution in [0.1, 0.15) is 48.8 Å². The molecule has 2 aromatic carbocycles. The Morgan fingerprint density at radius 3 is 2.44 bits per heavy atom. The number of hydrogen-bond acceptors (Lipinski definition) is 2. The van der Waals surface area contributed by atoms with Crippen molar-refractivity contribution in [2.24, 2.45) is 0 Å². The molecule has 0 bridgehead atoms. The van der Waals surface area contributed by atoms with Crippen molar-refractivity contribution < 1.29 is 14.6 Å². The zero-order chi connectivity index (χ0) is 17.9. The van der Waals surface area contributed by atoms with Crippen LogP contribution in [0.2, 0.25) is 5.02 Å². The van der Waals surface area contributed by atoms with Gasteiger partial charge in [-0.2, -0.15) is 0 Å². The largest absolute Gasteiger partial charge is 0.487 e. The Hall–Kier alpha value is -2.00. The Morgan fingerprint density at radius 1 is 1.16 bits per heavy atom. The molecule has 1 saturated carbocycles. The molecule has 0 aromatic heterocycles. The molecule has 0 unspecified atom stereocenters. The number of aliphatic carboxylic acids is 1. The average molecular weight is 359 g/mol. The number of halogens is 1. The van der Waals surface area contributed by atoms with Crippen LogP contribution in [0.4, 0.5) is 0 Å². The molecule has 0 amide bonds. The molecular weight excluding hydrogens is 336 g/mol. The fraction of sp³-hybridized carbons (Fsp3) is 0.381. The minimum absolute atomic E-state index is 0.435. The van der Waals surface area contributed by atoms with E-state index in [2.05, 4.69) is 0 Å². The number of carboxylic acids is 1. The lowest BCUT2D eigenvalue weighted by molar-refractivity contribution is -0.145. The Labute approximate surface area is 153 Å². The summed E-state index contributed by atoms with van der Waals surface area (Å²) in [6.07, 6.45) is 4.31. The van der Waals surface area contributed by atoms with Gasteiger partial charge < -0.3 is 9.84 Å². The van der Waals surface area contributed by atoms with Gasteiger partial charge in [0.1, 0.15) is 12.4 Å². The maximum atomic E-state index is 12.0. The SMILES string of the molecule is Cc1cc(C2(C(=O)O)CCCCC2)cc(Cl)c1OCc1ccccc1. The van der Waals surface area contributed by atoms with E-state index in [0.29, 0.717) is 30.2 Å². The predicted octanol–water partition coefficient (Wildman–Crippen LogP) is 5.51. The van der Waals surface area contributed by atoms with E-state index in [9.17, 15) is 9.90 Å². The average Bonchev–Trinajstić information content (AvgIpc) is 2.62. The van der Waals surface area contributed by atoms with Crippen molar-refractivity contribution in [3.63, 3.8) is 0 Å². The van der Waals surface area contributed by atoms with Gasteiger partial charge >= 0.3 is 5.97 Å². The van der Waals surface area contributed by atoms with Crippen LogP contribution < -0.4 is 4.74 Å². The highest BCUT2D eigenvalue weighted by atomic mass is 35.5. The summed E-state index contributed by atoms with van der Waals surface area (Å²) in [5, 5.41) is 10.4. The fourth-order valence-electron chi connectivity index (χ4n) is 3.70. The Bertz CT molecular complexity index is 726. The summed E-state index contributed by atoms with van der Waals surface area (Å²) in [6, 6.07) is 13.6. The van der Waals surface area contributed by atoms with E-state index in [4.69, 9.17) is 16.3 Å². The van der Waals surface area contributed by atoms with E-state index in [1.54, 1.807) is 6.07 Å². The van der Waals surface area contributed by atoms with Crippen LogP contribution in [0.25, 0.3) is 0 Å². The molecule has 1 fully saturated rings. The van der Waals surface area contributed by atoms with Gasteiger partial charge in [0.2, 0.25) is 0 Å². The number of hydrogen-bond donors (Lipinski definition) is 1. The summed E-state index contributed by atoms with van der Waals surface area (Å²) < 4.78 is 5.91. The lowest BCUT2D eigenvalue weighted by atomic mass is 9.69. The maximum Gasteiger partial charge on any atom is 0.314 e. The molecule has 0 aliphatic heterocycles. The molecule has 1 aliphatic carbocycles. The zero-order valence-corrected chi connectivity index (χ0v) is 15.2. The number of benzene rings is 2. The van der Waals surface area contributed by atoms with Gasteiger partial charge in [0.25, 0.3) is 0 Å². The first-order chi connectivity index (χ1) is 12.0. The van der Waals surface area contributed by atoms with E-state index in [0.717, 1.165) is 36.0 Å². The van der Waals surface area contributed by atoms with Gasteiger partial charge in [-0.3, -0.25) is 4.79 Å². The summed E-state index contributed by atoms with van der Waals surface area (Å²) >= 11 is 6.47. The zero-order valence-electron chi connectivity index (χ0n) is 14.4. The van der Waals surface area contributed by atoms with Gasteiger partial charge in [-0.05, 0) is 42.5 Å². The summed E-state index contributed by atoms with van der Waals surface area (Å²) in [5.74, 6) is -0.119. The van der Waals surface area contributed by atoms with Crippen molar-refractivity contribution in [1.29, 1.82) is 0 Å². The normalized spacial score (nSPS) is 16.4. The van der Waals surface area contributed by atoms with E-state index in [1.807, 2.05) is 43.3 Å². The summed E-state index contributed by atoms with van der Waals surface area (Å²) in [7, 11) is 0. The van der Waals surface area contributed by atoms with E-state index < -0.39 is 11.4 Å². The van der Waals surface area contributed by atoms with Crippen LogP contribution in [-0.4, -0.2) is 11.1 Å². The van der Waals surface area contributed by atoms with Crippen LogP contribution >= 0.6 is 11.6 Å². The molecule has 1 aliphatic rings. The number of carboxylic acid groups (broad SMARTS) is 1. The highest BCUT2D eigenvalue weighted by Crippen LogP contribution is 2.43. The van der Waals surface area contributed by atoms with Crippen molar-refractivity contribution in [3.05, 3.63) is 64.2 Å². The monoisotopic (exact) mass is 358 g/mol. The number of ether oxygens (including phenoxy) is 1. The first-order valence-electron chi connectivity index (χ1n) is 8.74. The molecule has 0 saturated heterocycles. The van der Waals surface area contributed by atoms with E-state index in [-0.39, 0.29) is 0 Å². The van der Waals surface area contributed by atoms with Gasteiger partial charge in [0, 0.05) is 0 Å². The highest BCUT2D eigenvalue weighted by molar-refractivity contribution is 6.32. The van der Waals surface area contributed by atoms with Gasteiger partial charge in [0.15, 0.2) is 0 Å². The molecule has 0 radical (unpaired) electrons. The molecule has 0 heterocycles. The smallest absolute Gasteiger partial charge is 0.314 e. The number of aryl methyl sites for hydroxylation is 1. The quantitative estimate of drug-likeness (QED) is 0.766. The van der Waals surface area contributed by atoms with Crippen LogP contribution in [0, 0.1) is 6.92 Å². The summed E-state index contributed by atoms with van der Waals surface area (Å²) in [4.78, 5) is 12.0. The highest BCUT2D eigenvalue weighted by Gasteiger charge is 2.41. The van der Waals surface area contributed by atoms with E-state index >= 15 is 0 Å². The van der Waals surface area contributed by atoms with Crippen molar-refractivity contribution in [1.82, 2.24) is 0 Å². The van der Waals surface area contributed by atoms with Gasteiger partial charge in [-0.25, -0.2) is 0 Å². The van der Waals surface area contributed by atoms with Gasteiger partial charge in [-0.15, -0.1) is 0 Å². The Balaban J connectivity index is 1.88. The third kappa shape index (κ3) is 3.67. The first-order valence-corrected chi connectivity index (χ1v) is 9.11. The van der Waals surface area contributed by atoms with Crippen molar-refractivity contribution in [3.8, 4) is 5.75 Å². The van der Waals surface area contributed by atoms with Crippen molar-refractivity contribution in [2.45, 2.75) is 51.0 Å². The second-order valence-electron chi connectivity index (χ2n) is 6.83. The minimum atomic E-state index is -0.815. The standard InChI is InChI=1S/C21H23ClO3/c1-15-12-17(21(20(23)24)10-6-3-7-11-21)13-18(22)19(15)25-14-16-8-4-2-5-9-16/h2,4-5,8-9,12-13H,3,6-7,10-11,14H2,1H3,(H,23,24). The number of carbonyl (C=O) groups is 1. The predicted molar refractivity (Wildman–Crippen MR) is 99.4 cm³/mol. The topological polar surface area (TPSA) is 46.5 Å². The maximum absolute atomic E-state index is 12.0. The molecule has 0 atom stereocenters. The molecule has 2 aromatic rings. The third-order valence-electron chi connectivity index (χ3n) is 5.12. The molecule has 1 N–H and O–H groups in total. The van der Waals surface area contributed by atoms with Crippen molar-refractivity contribution >= 4 is 17.6 Å². The first kappa shape index (κ1) is 17.8. The molecule has 3 nitrogen and oxygen atoms in total. The molecule has 132 valence electrons. The van der Waals surface area contributed by atoms with Crippen molar-refractivity contribution in [2.75, 3.05) is 0 Å². The third-order valence-corrected chi connectivity index (χ3v) is 5.41. The fourth-order valence-corrected chi connectivity index (χ4v) is 4.02. The second kappa shape index (κ2) is 7.49. The lowest BCUT2D eigenvalue weighted by Gasteiger charge is -2.34. The molecular formula is C21H23ClO3. The molecule has 4 heteroatoms. The number of rotatable bonds is 5. The molecule has 3 rings (SSSR count). The van der Waals surface area contributed by atoms with Crippen LogP contribution in [0.3, 0.4) is 0 Å². The van der Waals surface area contributed by atoms with Crippen LogP contribution in [0.5, 0.6) is 5.75 Å². The Kier molecular flexibility index (Phi) is 5.33.